The molecule has 0 radical (unpaired) electrons. The second-order valence-corrected chi connectivity index (χ2v) is 6.39. The number of primary amides is 1. The van der Waals surface area contributed by atoms with Crippen LogP contribution in [-0.4, -0.2) is 45.6 Å². The largest absolute Gasteiger partial charge is 0.444 e. The Morgan fingerprint density at radius 2 is 2.19 bits per heavy atom. The molecule has 1 fully saturated rings. The lowest BCUT2D eigenvalue weighted by atomic mass is 9.78. The van der Waals surface area contributed by atoms with Crippen molar-refractivity contribution in [2.75, 3.05) is 6.54 Å². The van der Waals surface area contributed by atoms with Gasteiger partial charge < -0.3 is 20.4 Å². The first-order valence-electron chi connectivity index (χ1n) is 7.06. The summed E-state index contributed by atoms with van der Waals surface area (Å²) in [7, 11) is 0. The minimum Gasteiger partial charge on any atom is -0.444 e. The molecule has 21 heavy (non-hydrogen) atoms. The van der Waals surface area contributed by atoms with E-state index in [9.17, 15) is 9.59 Å². The van der Waals surface area contributed by atoms with Gasteiger partial charge in [0.2, 0.25) is 0 Å². The fourth-order valence-electron chi connectivity index (χ4n) is 3.01. The Balaban J connectivity index is 2.29. The lowest BCUT2D eigenvalue weighted by molar-refractivity contribution is -0.0354. The maximum Gasteiger partial charge on any atom is 0.404 e. The van der Waals surface area contributed by atoms with Crippen LogP contribution in [0.4, 0.5) is 4.79 Å². The van der Waals surface area contributed by atoms with Crippen LogP contribution >= 0.6 is 0 Å². The molecule has 2 atom stereocenters. The van der Waals surface area contributed by atoms with E-state index >= 15 is 0 Å². The molecule has 116 valence electrons. The molecule has 2 amide bonds. The van der Waals surface area contributed by atoms with Crippen molar-refractivity contribution in [1.82, 2.24) is 14.9 Å². The number of carbonyl (C=O) groups is 2. The maximum atomic E-state index is 12.6. The lowest BCUT2D eigenvalue weighted by Crippen LogP contribution is -2.58. The summed E-state index contributed by atoms with van der Waals surface area (Å²) < 4.78 is 5.25. The van der Waals surface area contributed by atoms with Crippen LogP contribution in [0.1, 0.15) is 44.1 Å². The molecule has 1 saturated heterocycles. The number of aromatic amines is 1. The van der Waals surface area contributed by atoms with Crippen LogP contribution < -0.4 is 5.73 Å². The number of rotatable bonds is 2. The van der Waals surface area contributed by atoms with Gasteiger partial charge in [-0.3, -0.25) is 4.79 Å². The number of nitrogens with zero attached hydrogens (tertiary/aromatic N) is 2. The molecule has 0 bridgehead atoms. The number of amides is 2. The number of hydrogen-bond acceptors (Lipinski definition) is 4. The van der Waals surface area contributed by atoms with E-state index < -0.39 is 6.09 Å². The number of piperidine rings is 1. The monoisotopic (exact) mass is 294 g/mol. The minimum atomic E-state index is -0.801. The molecule has 7 heteroatoms. The fraction of sp³-hybridized carbons (Fsp3) is 0.643. The highest BCUT2D eigenvalue weighted by Crippen LogP contribution is 2.34. The fourth-order valence-corrected chi connectivity index (χ4v) is 3.01. The molecular weight excluding hydrogens is 272 g/mol. The first-order valence-corrected chi connectivity index (χ1v) is 7.06. The van der Waals surface area contributed by atoms with Gasteiger partial charge in [0.05, 0.1) is 18.6 Å². The zero-order chi connectivity index (χ0) is 15.6. The number of ether oxygens (including phenoxy) is 1. The van der Waals surface area contributed by atoms with E-state index in [0.717, 1.165) is 6.42 Å². The van der Waals surface area contributed by atoms with Crippen LogP contribution in [-0.2, 0) is 4.74 Å². The molecule has 2 rings (SSSR count). The minimum absolute atomic E-state index is 0.134. The van der Waals surface area contributed by atoms with Gasteiger partial charge in [0.25, 0.3) is 5.91 Å². The van der Waals surface area contributed by atoms with E-state index in [0.29, 0.717) is 18.7 Å². The summed E-state index contributed by atoms with van der Waals surface area (Å²) in [6, 6.07) is -0.227. The summed E-state index contributed by atoms with van der Waals surface area (Å²) in [5.41, 5.74) is 5.36. The predicted octanol–water partition coefficient (Wildman–Crippen LogP) is 1.52. The molecule has 0 saturated carbocycles. The van der Waals surface area contributed by atoms with Crippen molar-refractivity contribution in [3.8, 4) is 0 Å². The number of imidazole rings is 1. The van der Waals surface area contributed by atoms with Crippen molar-refractivity contribution < 1.29 is 14.3 Å². The number of H-pyrrole nitrogens is 1. The molecule has 0 aromatic carbocycles. The summed E-state index contributed by atoms with van der Waals surface area (Å²) in [5.74, 6) is -0.134. The second kappa shape index (κ2) is 5.75. The third-order valence-corrected chi connectivity index (χ3v) is 3.72. The van der Waals surface area contributed by atoms with Gasteiger partial charge in [-0.1, -0.05) is 20.8 Å². The Kier molecular flexibility index (Phi) is 4.20. The van der Waals surface area contributed by atoms with Gasteiger partial charge in [-0.25, -0.2) is 9.78 Å². The van der Waals surface area contributed by atoms with Crippen LogP contribution in [0.3, 0.4) is 0 Å². The first kappa shape index (κ1) is 15.3. The summed E-state index contributed by atoms with van der Waals surface area (Å²) in [6.07, 6.45) is 3.26. The number of carbonyl (C=O) groups excluding carboxylic acids is 2. The van der Waals surface area contributed by atoms with Crippen molar-refractivity contribution in [3.05, 3.63) is 18.2 Å². The standard InChI is InChI=1S/C14H22N4O3/c1-14(2,3)11-10(21-13(15)20)5-4-6-18(11)12(19)9-7-16-8-17-9/h7-8,10-11H,4-6H2,1-3H3,(H2,15,20)(H,16,17). The average Bonchev–Trinajstić information content (AvgIpc) is 2.89. The summed E-state index contributed by atoms with van der Waals surface area (Å²) in [5, 5.41) is 0. The Bertz CT molecular complexity index is 507. The smallest absolute Gasteiger partial charge is 0.404 e. The normalized spacial score (nSPS) is 22.9. The van der Waals surface area contributed by atoms with Crippen molar-refractivity contribution in [2.45, 2.75) is 45.8 Å². The third-order valence-electron chi connectivity index (χ3n) is 3.72. The van der Waals surface area contributed by atoms with Gasteiger partial charge in [-0.15, -0.1) is 0 Å². The lowest BCUT2D eigenvalue weighted by Gasteiger charge is -2.46. The van der Waals surface area contributed by atoms with Crippen molar-refractivity contribution in [3.63, 3.8) is 0 Å². The summed E-state index contributed by atoms with van der Waals surface area (Å²) >= 11 is 0. The van der Waals surface area contributed by atoms with Gasteiger partial charge in [-0.2, -0.15) is 0 Å². The molecule has 3 N–H and O–H groups in total. The Morgan fingerprint density at radius 1 is 1.48 bits per heavy atom. The molecule has 1 aromatic rings. The van der Waals surface area contributed by atoms with E-state index in [2.05, 4.69) is 9.97 Å². The molecule has 0 spiro atoms. The topological polar surface area (TPSA) is 101 Å². The summed E-state index contributed by atoms with van der Waals surface area (Å²) in [6.45, 7) is 6.69. The zero-order valence-corrected chi connectivity index (χ0v) is 12.6. The molecule has 2 heterocycles. The SMILES string of the molecule is CC(C)(C)C1C(OC(N)=O)CCCN1C(=O)c1cnc[nH]1. The Morgan fingerprint density at radius 3 is 2.71 bits per heavy atom. The number of nitrogens with two attached hydrogens (primary N) is 1. The molecule has 1 aliphatic heterocycles. The van der Waals surface area contributed by atoms with Gasteiger partial charge in [-0.05, 0) is 18.3 Å². The highest BCUT2D eigenvalue weighted by atomic mass is 16.6. The van der Waals surface area contributed by atoms with E-state index in [1.165, 1.54) is 12.5 Å². The van der Waals surface area contributed by atoms with E-state index in [4.69, 9.17) is 10.5 Å². The predicted molar refractivity (Wildman–Crippen MR) is 76.6 cm³/mol. The average molecular weight is 294 g/mol. The van der Waals surface area contributed by atoms with Crippen molar-refractivity contribution >= 4 is 12.0 Å². The molecule has 7 nitrogen and oxygen atoms in total. The van der Waals surface area contributed by atoms with Gasteiger partial charge >= 0.3 is 6.09 Å². The van der Waals surface area contributed by atoms with Crippen molar-refractivity contribution in [2.24, 2.45) is 11.1 Å². The number of aromatic nitrogens is 2. The quantitative estimate of drug-likeness (QED) is 0.863. The van der Waals surface area contributed by atoms with Crippen molar-refractivity contribution in [1.29, 1.82) is 0 Å². The van der Waals surface area contributed by atoms with Crippen LogP contribution in [0.25, 0.3) is 0 Å². The molecule has 1 aromatic heterocycles. The Hall–Kier alpha value is -2.05. The van der Waals surface area contributed by atoms with E-state index in [-0.39, 0.29) is 23.5 Å². The Labute approximate surface area is 123 Å². The molecule has 0 aliphatic carbocycles. The highest BCUT2D eigenvalue weighted by Gasteiger charge is 2.43. The molecule has 1 aliphatic rings. The van der Waals surface area contributed by atoms with E-state index in [1.807, 2.05) is 20.8 Å². The van der Waals surface area contributed by atoms with Crippen LogP contribution in [0.2, 0.25) is 0 Å². The number of hydrogen-bond donors (Lipinski definition) is 2. The van der Waals surface area contributed by atoms with Crippen LogP contribution in [0.5, 0.6) is 0 Å². The number of likely N-dealkylation sites (tertiary alicyclic amines) is 1. The van der Waals surface area contributed by atoms with Crippen LogP contribution in [0.15, 0.2) is 12.5 Å². The zero-order valence-electron chi connectivity index (χ0n) is 12.6. The maximum absolute atomic E-state index is 12.6. The second-order valence-electron chi connectivity index (χ2n) is 6.39. The molecular formula is C14H22N4O3. The van der Waals surface area contributed by atoms with Gasteiger partial charge in [0.1, 0.15) is 11.8 Å². The number of nitrogens with one attached hydrogen (secondary N) is 1. The van der Waals surface area contributed by atoms with Gasteiger partial charge in [0.15, 0.2) is 0 Å². The molecule has 2 unspecified atom stereocenters. The van der Waals surface area contributed by atoms with Gasteiger partial charge in [0, 0.05) is 6.54 Å². The van der Waals surface area contributed by atoms with E-state index in [1.54, 1.807) is 4.90 Å². The third kappa shape index (κ3) is 3.34. The highest BCUT2D eigenvalue weighted by molar-refractivity contribution is 5.92. The summed E-state index contributed by atoms with van der Waals surface area (Å²) in [4.78, 5) is 32.2. The first-order chi connectivity index (χ1) is 9.80. The van der Waals surface area contributed by atoms with Crippen LogP contribution in [0, 0.1) is 5.41 Å².